The predicted octanol–water partition coefficient (Wildman–Crippen LogP) is 5.70. The minimum atomic E-state index is -0.956. The monoisotopic (exact) mass is 477 g/mol. The van der Waals surface area contributed by atoms with E-state index in [1.54, 1.807) is 48.5 Å². The Bertz CT molecular complexity index is 1130. The highest BCUT2D eigenvalue weighted by atomic mass is 16.5. The number of carboxylic acid groups (broad SMARTS) is 1. The third kappa shape index (κ3) is 9.21. The van der Waals surface area contributed by atoms with Gasteiger partial charge in [0.05, 0.1) is 25.1 Å². The van der Waals surface area contributed by atoms with Gasteiger partial charge in [0.15, 0.2) is 0 Å². The third-order valence-corrected chi connectivity index (χ3v) is 4.70. The SMILES string of the molecule is CC.Cc1ccccc1NC(=O)Nc1ccc(CC(=O)Nc2ccccc2OCCC(=O)O)cc1. The Labute approximate surface area is 205 Å². The van der Waals surface area contributed by atoms with Crippen LogP contribution < -0.4 is 20.7 Å². The maximum atomic E-state index is 12.5. The molecule has 0 spiro atoms. The molecule has 0 atom stereocenters. The molecule has 3 aromatic rings. The Balaban J connectivity index is 0.00000210. The molecule has 3 rings (SSSR count). The van der Waals surface area contributed by atoms with Gasteiger partial charge >= 0.3 is 12.0 Å². The number of benzene rings is 3. The number of urea groups is 1. The smallest absolute Gasteiger partial charge is 0.323 e. The topological polar surface area (TPSA) is 117 Å². The average Bonchev–Trinajstić information content (AvgIpc) is 2.84. The van der Waals surface area contributed by atoms with Gasteiger partial charge in [-0.3, -0.25) is 9.59 Å². The van der Waals surface area contributed by atoms with Gasteiger partial charge in [-0.2, -0.15) is 0 Å². The van der Waals surface area contributed by atoms with E-state index in [0.29, 0.717) is 17.1 Å². The van der Waals surface area contributed by atoms with Crippen molar-refractivity contribution in [2.45, 2.75) is 33.6 Å². The van der Waals surface area contributed by atoms with Crippen LogP contribution in [0.3, 0.4) is 0 Å². The molecule has 0 heterocycles. The van der Waals surface area contributed by atoms with Crippen molar-refractivity contribution in [3.63, 3.8) is 0 Å². The summed E-state index contributed by atoms with van der Waals surface area (Å²) in [7, 11) is 0. The normalized spacial score (nSPS) is 9.80. The number of hydrogen-bond donors (Lipinski definition) is 4. The number of carboxylic acids is 1. The molecule has 0 saturated carbocycles. The summed E-state index contributed by atoms with van der Waals surface area (Å²) >= 11 is 0. The highest BCUT2D eigenvalue weighted by molar-refractivity contribution is 6.00. The molecule has 0 fully saturated rings. The lowest BCUT2D eigenvalue weighted by Gasteiger charge is -2.12. The van der Waals surface area contributed by atoms with Crippen LogP contribution in [0.15, 0.2) is 72.8 Å². The molecule has 35 heavy (non-hydrogen) atoms. The lowest BCUT2D eigenvalue weighted by Crippen LogP contribution is -2.20. The van der Waals surface area contributed by atoms with Gasteiger partial charge in [0.25, 0.3) is 0 Å². The number of carbonyl (C=O) groups is 3. The second kappa shape index (κ2) is 14.0. The number of amides is 3. The summed E-state index contributed by atoms with van der Waals surface area (Å²) in [5, 5.41) is 17.1. The largest absolute Gasteiger partial charge is 0.491 e. The second-order valence-electron chi connectivity index (χ2n) is 7.30. The Kier molecular flexibility index (Phi) is 10.8. The number of ether oxygens (including phenoxy) is 1. The van der Waals surface area contributed by atoms with Crippen molar-refractivity contribution in [3.05, 3.63) is 83.9 Å². The zero-order valence-corrected chi connectivity index (χ0v) is 20.1. The van der Waals surface area contributed by atoms with Crippen LogP contribution >= 0.6 is 0 Å². The van der Waals surface area contributed by atoms with Crippen molar-refractivity contribution >= 4 is 35.0 Å². The van der Waals surface area contributed by atoms with Gasteiger partial charge in [-0.15, -0.1) is 0 Å². The summed E-state index contributed by atoms with van der Waals surface area (Å²) in [6.45, 7) is 5.92. The first kappa shape index (κ1) is 26.9. The van der Waals surface area contributed by atoms with E-state index in [1.807, 2.05) is 45.0 Å². The Morgan fingerprint density at radius 3 is 2.09 bits per heavy atom. The van der Waals surface area contributed by atoms with Crippen LogP contribution in [-0.4, -0.2) is 29.6 Å². The van der Waals surface area contributed by atoms with E-state index in [9.17, 15) is 14.4 Å². The predicted molar refractivity (Wildman–Crippen MR) is 138 cm³/mol. The minimum absolute atomic E-state index is 0.00803. The molecule has 0 aliphatic carbocycles. The number of aliphatic carboxylic acids is 1. The number of aryl methyl sites for hydroxylation is 1. The molecular formula is C27H31N3O5. The fourth-order valence-corrected chi connectivity index (χ4v) is 3.03. The van der Waals surface area contributed by atoms with Gasteiger partial charge in [-0.25, -0.2) is 4.79 Å². The summed E-state index contributed by atoms with van der Waals surface area (Å²) in [5.74, 6) is -0.796. The number of nitrogens with one attached hydrogen (secondary N) is 3. The van der Waals surface area contributed by atoms with E-state index in [4.69, 9.17) is 9.84 Å². The number of anilines is 3. The first-order chi connectivity index (χ1) is 16.9. The van der Waals surface area contributed by atoms with Crippen LogP contribution in [-0.2, 0) is 16.0 Å². The van der Waals surface area contributed by atoms with Crippen molar-refractivity contribution in [2.24, 2.45) is 0 Å². The molecular weight excluding hydrogens is 446 g/mol. The standard InChI is InChI=1S/C25H25N3O5.C2H6/c1-17-6-2-3-7-20(17)28-25(32)26-19-12-10-18(11-13-19)16-23(29)27-21-8-4-5-9-22(21)33-15-14-24(30)31;1-2/h2-13H,14-16H2,1H3,(H,27,29)(H,30,31)(H2,26,28,32);1-2H3. The highest BCUT2D eigenvalue weighted by Crippen LogP contribution is 2.24. The van der Waals surface area contributed by atoms with E-state index in [0.717, 1.165) is 16.8 Å². The van der Waals surface area contributed by atoms with Crippen LogP contribution in [0.4, 0.5) is 21.9 Å². The summed E-state index contributed by atoms with van der Waals surface area (Å²) in [5.41, 5.74) is 3.53. The number of carbonyl (C=O) groups excluding carboxylic acids is 2. The molecule has 0 aromatic heterocycles. The van der Waals surface area contributed by atoms with Gasteiger partial charge in [-0.05, 0) is 48.4 Å². The van der Waals surface area contributed by atoms with Crippen LogP contribution in [0.5, 0.6) is 5.75 Å². The number of rotatable bonds is 9. The minimum Gasteiger partial charge on any atom is -0.491 e. The molecule has 0 radical (unpaired) electrons. The molecule has 0 aliphatic rings. The maximum Gasteiger partial charge on any atom is 0.323 e. The molecule has 3 amide bonds. The Hall–Kier alpha value is -4.33. The first-order valence-electron chi connectivity index (χ1n) is 11.4. The van der Waals surface area contributed by atoms with E-state index in [-0.39, 0.29) is 31.4 Å². The quantitative estimate of drug-likeness (QED) is 0.315. The number of para-hydroxylation sites is 3. The molecule has 0 unspecified atom stereocenters. The summed E-state index contributed by atoms with van der Waals surface area (Å²) in [4.78, 5) is 35.3. The van der Waals surface area contributed by atoms with E-state index >= 15 is 0 Å². The van der Waals surface area contributed by atoms with Gasteiger partial charge in [0, 0.05) is 11.4 Å². The Morgan fingerprint density at radius 2 is 1.43 bits per heavy atom. The highest BCUT2D eigenvalue weighted by Gasteiger charge is 2.10. The lowest BCUT2D eigenvalue weighted by atomic mass is 10.1. The molecule has 0 bridgehead atoms. The second-order valence-corrected chi connectivity index (χ2v) is 7.30. The molecule has 0 aliphatic heterocycles. The fourth-order valence-electron chi connectivity index (χ4n) is 3.03. The zero-order valence-electron chi connectivity index (χ0n) is 20.1. The van der Waals surface area contributed by atoms with Gasteiger partial charge in [0.2, 0.25) is 5.91 Å². The van der Waals surface area contributed by atoms with E-state index in [2.05, 4.69) is 16.0 Å². The molecule has 4 N–H and O–H groups in total. The Morgan fingerprint density at radius 1 is 0.800 bits per heavy atom. The molecule has 184 valence electrons. The molecule has 0 saturated heterocycles. The van der Waals surface area contributed by atoms with Crippen molar-refractivity contribution in [3.8, 4) is 5.75 Å². The first-order valence-corrected chi connectivity index (χ1v) is 11.4. The molecule has 3 aromatic carbocycles. The molecule has 8 nitrogen and oxygen atoms in total. The van der Waals surface area contributed by atoms with Crippen molar-refractivity contribution in [1.29, 1.82) is 0 Å². The summed E-state index contributed by atoms with van der Waals surface area (Å²) in [6, 6.07) is 21.0. The maximum absolute atomic E-state index is 12.5. The van der Waals surface area contributed by atoms with Crippen molar-refractivity contribution in [1.82, 2.24) is 0 Å². The van der Waals surface area contributed by atoms with Crippen LogP contribution in [0.25, 0.3) is 0 Å². The third-order valence-electron chi connectivity index (χ3n) is 4.70. The summed E-state index contributed by atoms with van der Waals surface area (Å²) < 4.78 is 5.46. The van der Waals surface area contributed by atoms with Crippen LogP contribution in [0.2, 0.25) is 0 Å². The van der Waals surface area contributed by atoms with Gasteiger partial charge in [-0.1, -0.05) is 56.3 Å². The molecule has 8 heteroatoms. The van der Waals surface area contributed by atoms with E-state index in [1.165, 1.54) is 0 Å². The number of hydrogen-bond acceptors (Lipinski definition) is 4. The van der Waals surface area contributed by atoms with Crippen molar-refractivity contribution < 1.29 is 24.2 Å². The van der Waals surface area contributed by atoms with Gasteiger partial charge in [0.1, 0.15) is 5.75 Å². The average molecular weight is 478 g/mol. The van der Waals surface area contributed by atoms with Crippen molar-refractivity contribution in [2.75, 3.05) is 22.6 Å². The van der Waals surface area contributed by atoms with E-state index < -0.39 is 5.97 Å². The van der Waals surface area contributed by atoms with Gasteiger partial charge < -0.3 is 25.8 Å². The van der Waals surface area contributed by atoms with Crippen LogP contribution in [0.1, 0.15) is 31.4 Å². The summed E-state index contributed by atoms with van der Waals surface area (Å²) in [6.07, 6.45) is -0.00914. The fraction of sp³-hybridized carbons (Fsp3) is 0.222. The lowest BCUT2D eigenvalue weighted by molar-refractivity contribution is -0.137. The zero-order chi connectivity index (χ0) is 25.6. The van der Waals surface area contributed by atoms with Crippen LogP contribution in [0, 0.1) is 6.92 Å².